The molecule has 0 saturated carbocycles. The van der Waals surface area contributed by atoms with Crippen LogP contribution in [0.3, 0.4) is 0 Å². The first-order valence-electron chi connectivity index (χ1n) is 10.7. The van der Waals surface area contributed by atoms with Crippen molar-refractivity contribution in [1.82, 2.24) is 19.6 Å². The van der Waals surface area contributed by atoms with Gasteiger partial charge in [0.25, 0.3) is 5.91 Å². The summed E-state index contributed by atoms with van der Waals surface area (Å²) in [5.74, 6) is 1.22. The molecular formula is C24H27FN4O4. The summed E-state index contributed by atoms with van der Waals surface area (Å²) in [7, 11) is 3.12. The summed E-state index contributed by atoms with van der Waals surface area (Å²) in [4.78, 5) is 16.9. The summed E-state index contributed by atoms with van der Waals surface area (Å²) in [5, 5.41) is 4.37. The second-order valence-electron chi connectivity index (χ2n) is 7.70. The van der Waals surface area contributed by atoms with Crippen LogP contribution in [0.25, 0.3) is 0 Å². The number of nitrogens with zero attached hydrogens (tertiary/aromatic N) is 4. The molecule has 0 N–H and O–H groups in total. The van der Waals surface area contributed by atoms with Gasteiger partial charge >= 0.3 is 0 Å². The standard InChI is InChI=1S/C24H27FN4O4/c1-31-21-7-4-8-22(32-2)23(21)33-17-29-10-9-20(26-29)24(30)28-13-11-27(12-14-28)16-18-5-3-6-19(25)15-18/h3-10,15H,11-14,16-17H2,1-2H3. The molecule has 1 aliphatic rings. The lowest BCUT2D eigenvalue weighted by atomic mass is 10.2. The van der Waals surface area contributed by atoms with Gasteiger partial charge in [-0.3, -0.25) is 9.69 Å². The molecular weight excluding hydrogens is 427 g/mol. The van der Waals surface area contributed by atoms with E-state index in [1.54, 1.807) is 60.3 Å². The second kappa shape index (κ2) is 10.4. The van der Waals surface area contributed by atoms with Gasteiger partial charge in [0.05, 0.1) is 14.2 Å². The zero-order valence-corrected chi connectivity index (χ0v) is 18.7. The summed E-state index contributed by atoms with van der Waals surface area (Å²) >= 11 is 0. The Hall–Kier alpha value is -3.59. The fraction of sp³-hybridized carbons (Fsp3) is 0.333. The van der Waals surface area contributed by atoms with Crippen molar-refractivity contribution < 1.29 is 23.4 Å². The lowest BCUT2D eigenvalue weighted by Crippen LogP contribution is -2.48. The minimum Gasteiger partial charge on any atom is -0.493 e. The molecule has 0 spiro atoms. The SMILES string of the molecule is COc1cccc(OC)c1OCn1ccc(C(=O)N2CCN(Cc3cccc(F)c3)CC2)n1. The van der Waals surface area contributed by atoms with Gasteiger partial charge in [0.2, 0.25) is 5.75 Å². The molecule has 174 valence electrons. The largest absolute Gasteiger partial charge is 0.493 e. The number of rotatable bonds is 8. The Labute approximate surface area is 192 Å². The Morgan fingerprint density at radius 3 is 2.36 bits per heavy atom. The molecule has 9 heteroatoms. The molecule has 4 rings (SSSR count). The third-order valence-electron chi connectivity index (χ3n) is 5.54. The van der Waals surface area contributed by atoms with Crippen LogP contribution in [0.2, 0.25) is 0 Å². The molecule has 2 heterocycles. The zero-order chi connectivity index (χ0) is 23.2. The Bertz CT molecular complexity index is 1070. The van der Waals surface area contributed by atoms with E-state index in [1.807, 2.05) is 12.1 Å². The highest BCUT2D eigenvalue weighted by Gasteiger charge is 2.24. The number of hydrogen-bond acceptors (Lipinski definition) is 6. The molecule has 0 aliphatic carbocycles. The van der Waals surface area contributed by atoms with E-state index in [1.165, 1.54) is 6.07 Å². The first-order valence-corrected chi connectivity index (χ1v) is 10.7. The number of para-hydroxylation sites is 1. The predicted molar refractivity (Wildman–Crippen MR) is 120 cm³/mol. The average Bonchev–Trinajstić information content (AvgIpc) is 3.31. The first-order chi connectivity index (χ1) is 16.1. The van der Waals surface area contributed by atoms with E-state index in [0.29, 0.717) is 42.6 Å². The molecule has 1 aromatic heterocycles. The maximum atomic E-state index is 13.4. The number of carbonyl (C=O) groups is 1. The summed E-state index contributed by atoms with van der Waals surface area (Å²) in [6.07, 6.45) is 1.70. The monoisotopic (exact) mass is 454 g/mol. The Morgan fingerprint density at radius 2 is 1.70 bits per heavy atom. The van der Waals surface area contributed by atoms with E-state index in [4.69, 9.17) is 14.2 Å². The van der Waals surface area contributed by atoms with Crippen molar-refractivity contribution >= 4 is 5.91 Å². The number of benzene rings is 2. The van der Waals surface area contributed by atoms with Crippen molar-refractivity contribution in [3.8, 4) is 17.2 Å². The van der Waals surface area contributed by atoms with Crippen LogP contribution in [0.1, 0.15) is 16.1 Å². The molecule has 8 nitrogen and oxygen atoms in total. The number of ether oxygens (including phenoxy) is 3. The number of hydrogen-bond donors (Lipinski definition) is 0. The van der Waals surface area contributed by atoms with Crippen molar-refractivity contribution in [1.29, 1.82) is 0 Å². The Morgan fingerprint density at radius 1 is 1.00 bits per heavy atom. The van der Waals surface area contributed by atoms with E-state index in [-0.39, 0.29) is 18.5 Å². The fourth-order valence-electron chi connectivity index (χ4n) is 3.80. The highest BCUT2D eigenvalue weighted by molar-refractivity contribution is 5.92. The number of halogens is 1. The molecule has 0 bridgehead atoms. The summed E-state index contributed by atoms with van der Waals surface area (Å²) in [5.41, 5.74) is 1.30. The lowest BCUT2D eigenvalue weighted by Gasteiger charge is -2.34. The van der Waals surface area contributed by atoms with Crippen LogP contribution in [0, 0.1) is 5.82 Å². The van der Waals surface area contributed by atoms with Crippen molar-refractivity contribution in [2.45, 2.75) is 13.3 Å². The van der Waals surface area contributed by atoms with Crippen LogP contribution in [0.15, 0.2) is 54.7 Å². The predicted octanol–water partition coefficient (Wildman–Crippen LogP) is 3.03. The highest BCUT2D eigenvalue weighted by atomic mass is 19.1. The molecule has 0 unspecified atom stereocenters. The smallest absolute Gasteiger partial charge is 0.274 e. The van der Waals surface area contributed by atoms with E-state index in [9.17, 15) is 9.18 Å². The molecule has 0 radical (unpaired) electrons. The molecule has 1 saturated heterocycles. The van der Waals surface area contributed by atoms with Gasteiger partial charge in [-0.05, 0) is 35.9 Å². The number of piperazine rings is 1. The molecule has 1 amide bonds. The van der Waals surface area contributed by atoms with Gasteiger partial charge in [0, 0.05) is 38.9 Å². The molecule has 3 aromatic rings. The molecule has 33 heavy (non-hydrogen) atoms. The Kier molecular flexibility index (Phi) is 7.09. The van der Waals surface area contributed by atoms with E-state index < -0.39 is 0 Å². The van der Waals surface area contributed by atoms with Gasteiger partial charge in [-0.25, -0.2) is 9.07 Å². The van der Waals surface area contributed by atoms with Gasteiger partial charge in [-0.1, -0.05) is 18.2 Å². The average molecular weight is 455 g/mol. The number of carbonyl (C=O) groups excluding carboxylic acids is 1. The van der Waals surface area contributed by atoms with Gasteiger partial charge in [-0.15, -0.1) is 0 Å². The number of methoxy groups -OCH3 is 2. The maximum Gasteiger partial charge on any atom is 0.274 e. The number of amides is 1. The van der Waals surface area contributed by atoms with Crippen LogP contribution in [-0.2, 0) is 13.3 Å². The van der Waals surface area contributed by atoms with E-state index in [0.717, 1.165) is 18.7 Å². The first kappa shape index (κ1) is 22.6. The minimum absolute atomic E-state index is 0.103. The van der Waals surface area contributed by atoms with Crippen LogP contribution in [0.5, 0.6) is 17.2 Å². The zero-order valence-electron chi connectivity index (χ0n) is 18.7. The normalized spacial score (nSPS) is 14.2. The van der Waals surface area contributed by atoms with Crippen LogP contribution >= 0.6 is 0 Å². The quantitative estimate of drug-likeness (QED) is 0.521. The highest BCUT2D eigenvalue weighted by Crippen LogP contribution is 2.36. The van der Waals surface area contributed by atoms with Crippen LogP contribution in [-0.4, -0.2) is 65.9 Å². The van der Waals surface area contributed by atoms with E-state index in [2.05, 4.69) is 10.00 Å². The van der Waals surface area contributed by atoms with Crippen molar-refractivity contribution in [3.05, 3.63) is 71.8 Å². The summed E-state index contributed by atoms with van der Waals surface area (Å²) in [6.45, 7) is 3.40. The lowest BCUT2D eigenvalue weighted by molar-refractivity contribution is 0.0620. The Balaban J connectivity index is 1.31. The summed E-state index contributed by atoms with van der Waals surface area (Å²) < 4.78 is 31.5. The van der Waals surface area contributed by atoms with Gasteiger partial charge in [-0.2, -0.15) is 5.10 Å². The minimum atomic E-state index is -0.231. The third-order valence-corrected chi connectivity index (χ3v) is 5.54. The number of aromatic nitrogens is 2. The van der Waals surface area contributed by atoms with Crippen LogP contribution < -0.4 is 14.2 Å². The van der Waals surface area contributed by atoms with Gasteiger partial charge in [0.1, 0.15) is 5.82 Å². The second-order valence-corrected chi connectivity index (χ2v) is 7.70. The molecule has 0 atom stereocenters. The molecule has 1 fully saturated rings. The summed E-state index contributed by atoms with van der Waals surface area (Å²) in [6, 6.07) is 13.7. The molecule has 2 aromatic carbocycles. The van der Waals surface area contributed by atoms with E-state index >= 15 is 0 Å². The third kappa shape index (κ3) is 5.43. The van der Waals surface area contributed by atoms with Crippen LogP contribution in [0.4, 0.5) is 4.39 Å². The molecule has 1 aliphatic heterocycles. The van der Waals surface area contributed by atoms with Gasteiger partial charge in [0.15, 0.2) is 23.9 Å². The maximum absolute atomic E-state index is 13.4. The fourth-order valence-corrected chi connectivity index (χ4v) is 3.80. The van der Waals surface area contributed by atoms with Crippen molar-refractivity contribution in [2.75, 3.05) is 40.4 Å². The van der Waals surface area contributed by atoms with Crippen molar-refractivity contribution in [3.63, 3.8) is 0 Å². The van der Waals surface area contributed by atoms with Gasteiger partial charge < -0.3 is 19.1 Å². The van der Waals surface area contributed by atoms with Crippen molar-refractivity contribution in [2.24, 2.45) is 0 Å². The topological polar surface area (TPSA) is 69.1 Å².